The number of fused-ring (bicyclic) bond motifs is 12. The number of halogens is 1. The Balaban J connectivity index is 0.000000139. The monoisotopic (exact) mass is 596 g/mol. The molecule has 0 aliphatic heterocycles. The Morgan fingerprint density at radius 3 is 1.60 bits per heavy atom. The Bertz CT molecular complexity index is 1550. The summed E-state index contributed by atoms with van der Waals surface area (Å²) in [5.74, 6) is 0. The molecule has 2 heteroatoms. The van der Waals surface area contributed by atoms with Gasteiger partial charge in [-0.25, -0.2) is 0 Å². The fourth-order valence-corrected chi connectivity index (χ4v) is 13.2. The molecule has 0 aromatic heterocycles. The summed E-state index contributed by atoms with van der Waals surface area (Å²) >= 11 is 7.02. The van der Waals surface area contributed by atoms with Crippen molar-refractivity contribution in [1.29, 1.82) is 0 Å². The quantitative estimate of drug-likeness (QED) is 0.227. The molecule has 0 amide bonds. The Labute approximate surface area is 262 Å². The average Bonchev–Trinajstić information content (AvgIpc) is 3.64. The molecule has 0 bridgehead atoms. The predicted octanol–water partition coefficient (Wildman–Crippen LogP) is 10.8. The van der Waals surface area contributed by atoms with Gasteiger partial charge in [0.05, 0.1) is 0 Å². The summed E-state index contributed by atoms with van der Waals surface area (Å²) in [6.07, 6.45) is 22.2. The van der Waals surface area contributed by atoms with Crippen molar-refractivity contribution in [3.8, 4) is 0 Å². The second-order valence-corrected chi connectivity index (χ2v) is 23.7. The molecule has 0 N–H and O–H groups in total. The zero-order valence-electron chi connectivity index (χ0n) is 27.8. The lowest BCUT2D eigenvalue weighted by Crippen LogP contribution is -2.29. The van der Waals surface area contributed by atoms with Gasteiger partial charge in [-0.3, -0.25) is 0 Å². The van der Waals surface area contributed by atoms with Crippen molar-refractivity contribution in [3.63, 3.8) is 0 Å². The van der Waals surface area contributed by atoms with Crippen LogP contribution in [0.5, 0.6) is 0 Å². The van der Waals surface area contributed by atoms with Crippen molar-refractivity contribution in [1.82, 2.24) is 0 Å². The van der Waals surface area contributed by atoms with Gasteiger partial charge in [-0.05, 0) is 175 Å². The molecule has 0 nitrogen and oxygen atoms in total. The highest BCUT2D eigenvalue weighted by molar-refractivity contribution is 7.20. The van der Waals surface area contributed by atoms with E-state index in [9.17, 15) is 0 Å². The first-order chi connectivity index (χ1) is 19.7. The van der Waals surface area contributed by atoms with Gasteiger partial charge in [-0.2, -0.15) is 11.1 Å². The largest absolute Gasteiger partial charge is 0.167 e. The Kier molecular flexibility index (Phi) is 6.92. The molecule has 0 heterocycles. The normalized spacial score (nSPS) is 24.0. The van der Waals surface area contributed by atoms with E-state index in [1.165, 1.54) is 89.0 Å². The summed E-state index contributed by atoms with van der Waals surface area (Å²) < 4.78 is 0. The van der Waals surface area contributed by atoms with Crippen LogP contribution in [0.4, 0.5) is 0 Å². The van der Waals surface area contributed by atoms with Crippen molar-refractivity contribution < 1.29 is 0 Å². The minimum atomic E-state index is -1.77. The first-order valence-electron chi connectivity index (χ1n) is 17.2. The molecular formula is C40H53ClSi. The first-order valence-corrected chi connectivity index (χ1v) is 21.2. The molecular weight excluding hydrogens is 544 g/mol. The SMILES string of the molecule is CC1=Cc2c3c(c4c(c2C1)CC(C)(C)C4)CCCC3.CC1=Cc2c3c(c4c(c2C1[Si](C)(C)Cl)CC(C)(C)C4)CCCC3. The lowest BCUT2D eigenvalue weighted by molar-refractivity contribution is 0.391. The molecule has 1 unspecified atom stereocenters. The van der Waals surface area contributed by atoms with Crippen molar-refractivity contribution in [3.05, 3.63) is 77.9 Å². The van der Waals surface area contributed by atoms with Crippen LogP contribution in [0.15, 0.2) is 11.1 Å². The predicted molar refractivity (Wildman–Crippen MR) is 186 cm³/mol. The lowest BCUT2D eigenvalue weighted by atomic mass is 9.81. The molecule has 0 radical (unpaired) electrons. The maximum atomic E-state index is 7.02. The van der Waals surface area contributed by atoms with Crippen LogP contribution in [0.1, 0.15) is 140 Å². The minimum absolute atomic E-state index is 0.418. The Morgan fingerprint density at radius 1 is 0.595 bits per heavy atom. The van der Waals surface area contributed by atoms with E-state index in [0.29, 0.717) is 16.4 Å². The molecule has 0 saturated heterocycles. The van der Waals surface area contributed by atoms with Gasteiger partial charge in [0.1, 0.15) is 0 Å². The highest BCUT2D eigenvalue weighted by atomic mass is 35.6. The van der Waals surface area contributed by atoms with Crippen molar-refractivity contribution >= 4 is 30.6 Å². The zero-order chi connectivity index (χ0) is 29.8. The summed E-state index contributed by atoms with van der Waals surface area (Å²) in [6, 6.07) is 0. The number of benzene rings is 2. The van der Waals surface area contributed by atoms with Crippen LogP contribution in [0.25, 0.3) is 12.2 Å². The zero-order valence-corrected chi connectivity index (χ0v) is 29.6. The molecule has 6 aliphatic carbocycles. The molecule has 0 fully saturated rings. The third-order valence-electron chi connectivity index (χ3n) is 11.6. The van der Waals surface area contributed by atoms with E-state index < -0.39 is 7.38 Å². The van der Waals surface area contributed by atoms with Crippen molar-refractivity contribution in [2.24, 2.45) is 10.8 Å². The van der Waals surface area contributed by atoms with Gasteiger partial charge in [0, 0.05) is 5.54 Å². The second-order valence-electron chi connectivity index (χ2n) is 17.1. The number of hydrogen-bond donors (Lipinski definition) is 0. The van der Waals surface area contributed by atoms with Crippen molar-refractivity contribution in [2.45, 2.75) is 144 Å². The smallest absolute Gasteiger partial charge is 0.161 e. The second kappa shape index (κ2) is 9.97. The molecule has 2 aromatic carbocycles. The third kappa shape index (κ3) is 4.75. The van der Waals surface area contributed by atoms with Gasteiger partial charge in [0.25, 0.3) is 0 Å². The van der Waals surface area contributed by atoms with Crippen LogP contribution in [0.3, 0.4) is 0 Å². The van der Waals surface area contributed by atoms with Crippen LogP contribution in [0.2, 0.25) is 13.1 Å². The van der Waals surface area contributed by atoms with Gasteiger partial charge in [-0.1, -0.05) is 64.1 Å². The van der Waals surface area contributed by atoms with Crippen LogP contribution in [-0.4, -0.2) is 7.38 Å². The standard InChI is InChI=1S/C21H29ClSi.C19H24/c1-13-10-16-14-8-6-7-9-15(14)17-11-21(2,3)12-18(17)19(16)20(13)23(4,5)22;1-12-8-15-13-6-4-5-7-14(13)17-10-19(2,3)11-18(17)16(15)9-12/h10,20H,6-9,11-12H2,1-5H3;8H,4-7,9-11H2,1-3H3. The summed E-state index contributed by atoms with van der Waals surface area (Å²) in [6.45, 7) is 19.1. The van der Waals surface area contributed by atoms with Crippen LogP contribution >= 0.6 is 11.1 Å². The number of hydrogen-bond acceptors (Lipinski definition) is 0. The fourth-order valence-electron chi connectivity index (χ4n) is 10.2. The summed E-state index contributed by atoms with van der Waals surface area (Å²) in [4.78, 5) is 0. The molecule has 0 spiro atoms. The van der Waals surface area contributed by atoms with E-state index in [-0.39, 0.29) is 0 Å². The van der Waals surface area contributed by atoms with Gasteiger partial charge in [-0.15, -0.1) is 0 Å². The van der Waals surface area contributed by atoms with Crippen molar-refractivity contribution in [2.75, 3.05) is 0 Å². The first kappa shape index (κ1) is 29.2. The van der Waals surface area contributed by atoms with E-state index in [4.69, 9.17) is 11.1 Å². The maximum Gasteiger partial charge on any atom is 0.161 e. The maximum absolute atomic E-state index is 7.02. The van der Waals surface area contributed by atoms with E-state index in [2.05, 4.69) is 66.8 Å². The molecule has 0 saturated carbocycles. The van der Waals surface area contributed by atoms with Gasteiger partial charge in [0.15, 0.2) is 7.38 Å². The van der Waals surface area contributed by atoms with Crippen LogP contribution in [-0.2, 0) is 57.8 Å². The lowest BCUT2D eigenvalue weighted by Gasteiger charge is -2.30. The molecule has 8 rings (SSSR count). The number of allylic oxidation sites excluding steroid dienone is 2. The highest BCUT2D eigenvalue weighted by Crippen LogP contribution is 2.53. The molecule has 42 heavy (non-hydrogen) atoms. The van der Waals surface area contributed by atoms with E-state index in [1.54, 1.807) is 72.3 Å². The fraction of sp³-hybridized carbons (Fsp3) is 0.600. The van der Waals surface area contributed by atoms with E-state index in [1.807, 2.05) is 0 Å². The van der Waals surface area contributed by atoms with Crippen LogP contribution in [0, 0.1) is 10.8 Å². The van der Waals surface area contributed by atoms with Gasteiger partial charge < -0.3 is 0 Å². The average molecular weight is 597 g/mol. The molecule has 2 aromatic rings. The molecule has 224 valence electrons. The third-order valence-corrected chi connectivity index (χ3v) is 14.4. The number of rotatable bonds is 1. The van der Waals surface area contributed by atoms with E-state index in [0.717, 1.165) is 0 Å². The molecule has 6 aliphatic rings. The Hall–Kier alpha value is -1.57. The van der Waals surface area contributed by atoms with E-state index >= 15 is 0 Å². The highest BCUT2D eigenvalue weighted by Gasteiger charge is 2.44. The Morgan fingerprint density at radius 2 is 1.05 bits per heavy atom. The topological polar surface area (TPSA) is 0 Å². The van der Waals surface area contributed by atoms with Crippen LogP contribution < -0.4 is 0 Å². The summed E-state index contributed by atoms with van der Waals surface area (Å²) in [5.41, 5.74) is 25.0. The minimum Gasteiger partial charge on any atom is -0.167 e. The summed E-state index contributed by atoms with van der Waals surface area (Å²) in [7, 11) is -1.77. The van der Waals surface area contributed by atoms with Gasteiger partial charge in [0.2, 0.25) is 0 Å². The molecule has 1 atom stereocenters. The summed E-state index contributed by atoms with van der Waals surface area (Å²) in [5, 5.41) is 0. The van der Waals surface area contributed by atoms with Gasteiger partial charge >= 0.3 is 0 Å².